The van der Waals surface area contributed by atoms with Crippen LogP contribution in [-0.2, 0) is 14.6 Å². The SMILES string of the molecule is COC[C@@]1(CN)[C@@H](c2ccc(F)cc2)[C@@H]1S(C)(=O)=O. The Hall–Kier alpha value is -0.980. The van der Waals surface area contributed by atoms with Crippen LogP contribution in [0.4, 0.5) is 4.39 Å². The van der Waals surface area contributed by atoms with Gasteiger partial charge in [0.25, 0.3) is 0 Å². The van der Waals surface area contributed by atoms with Gasteiger partial charge in [0.1, 0.15) is 5.82 Å². The average Bonchev–Trinajstić information content (AvgIpc) is 3.00. The molecule has 0 saturated heterocycles. The maximum absolute atomic E-state index is 13.0. The fraction of sp³-hybridized carbons (Fsp3) is 0.538. The van der Waals surface area contributed by atoms with E-state index in [9.17, 15) is 12.8 Å². The van der Waals surface area contributed by atoms with Gasteiger partial charge >= 0.3 is 0 Å². The molecule has 0 aromatic heterocycles. The van der Waals surface area contributed by atoms with Gasteiger partial charge in [0.15, 0.2) is 9.84 Å². The first kappa shape index (κ1) is 14.4. The lowest BCUT2D eigenvalue weighted by atomic mass is 10.00. The molecule has 0 bridgehead atoms. The number of hydrogen-bond donors (Lipinski definition) is 1. The molecular formula is C13H18FNO3S. The third kappa shape index (κ3) is 2.40. The average molecular weight is 287 g/mol. The van der Waals surface area contributed by atoms with Crippen molar-refractivity contribution >= 4 is 9.84 Å². The van der Waals surface area contributed by atoms with Crippen LogP contribution in [-0.4, -0.2) is 40.2 Å². The van der Waals surface area contributed by atoms with Gasteiger partial charge in [-0.15, -0.1) is 0 Å². The maximum Gasteiger partial charge on any atom is 0.151 e. The number of ether oxygens (including phenoxy) is 1. The van der Waals surface area contributed by atoms with Crippen LogP contribution in [0.1, 0.15) is 11.5 Å². The van der Waals surface area contributed by atoms with Crippen molar-refractivity contribution < 1.29 is 17.5 Å². The van der Waals surface area contributed by atoms with Gasteiger partial charge in [-0.3, -0.25) is 0 Å². The summed E-state index contributed by atoms with van der Waals surface area (Å²) in [5.41, 5.74) is 5.98. The fourth-order valence-corrected chi connectivity index (χ4v) is 5.05. The van der Waals surface area contributed by atoms with Crippen LogP contribution in [0.15, 0.2) is 24.3 Å². The van der Waals surface area contributed by atoms with E-state index in [4.69, 9.17) is 10.5 Å². The molecule has 4 nitrogen and oxygen atoms in total. The zero-order valence-electron chi connectivity index (χ0n) is 11.0. The summed E-state index contributed by atoms with van der Waals surface area (Å²) in [6.45, 7) is 0.504. The molecule has 2 N–H and O–H groups in total. The van der Waals surface area contributed by atoms with Crippen LogP contribution in [0.5, 0.6) is 0 Å². The smallest absolute Gasteiger partial charge is 0.151 e. The molecule has 1 fully saturated rings. The summed E-state index contributed by atoms with van der Waals surface area (Å²) in [4.78, 5) is 0. The van der Waals surface area contributed by atoms with Crippen LogP contribution in [0.25, 0.3) is 0 Å². The number of sulfone groups is 1. The molecule has 1 aromatic carbocycles. The number of hydrogen-bond acceptors (Lipinski definition) is 4. The summed E-state index contributed by atoms with van der Waals surface area (Å²) in [5, 5.41) is -0.560. The van der Waals surface area contributed by atoms with Gasteiger partial charge in [-0.1, -0.05) is 12.1 Å². The summed E-state index contributed by atoms with van der Waals surface area (Å²) < 4.78 is 41.9. The van der Waals surface area contributed by atoms with E-state index in [0.29, 0.717) is 0 Å². The van der Waals surface area contributed by atoms with Crippen molar-refractivity contribution in [1.82, 2.24) is 0 Å². The lowest BCUT2D eigenvalue weighted by molar-refractivity contribution is 0.142. The van der Waals surface area contributed by atoms with Crippen molar-refractivity contribution in [2.75, 3.05) is 26.5 Å². The highest BCUT2D eigenvalue weighted by molar-refractivity contribution is 7.91. The molecule has 0 unspecified atom stereocenters. The van der Waals surface area contributed by atoms with Gasteiger partial charge in [-0.2, -0.15) is 0 Å². The van der Waals surface area contributed by atoms with Crippen molar-refractivity contribution in [3.63, 3.8) is 0 Å². The third-order valence-corrected chi connectivity index (χ3v) is 5.53. The standard InChI is InChI=1S/C13H18FNO3S/c1-18-8-13(7-15)11(12(13)19(2,16)17)9-3-5-10(14)6-4-9/h3-6,11-12H,7-8,15H2,1-2H3/t11-,12-,13-/m0/s1. The van der Waals surface area contributed by atoms with E-state index < -0.39 is 20.5 Å². The highest BCUT2D eigenvalue weighted by atomic mass is 32.2. The zero-order chi connectivity index (χ0) is 14.3. The lowest BCUT2D eigenvalue weighted by Crippen LogP contribution is -2.28. The quantitative estimate of drug-likeness (QED) is 0.874. The van der Waals surface area contributed by atoms with E-state index in [1.165, 1.54) is 25.5 Å². The van der Waals surface area contributed by atoms with E-state index in [0.717, 1.165) is 5.56 Å². The molecule has 106 valence electrons. The Balaban J connectivity index is 2.40. The normalized spacial score (nSPS) is 30.3. The maximum atomic E-state index is 13.0. The molecule has 0 amide bonds. The first-order valence-corrected chi connectivity index (χ1v) is 7.95. The van der Waals surface area contributed by atoms with Crippen LogP contribution in [0.3, 0.4) is 0 Å². The monoisotopic (exact) mass is 287 g/mol. The number of benzene rings is 1. The molecule has 0 radical (unpaired) electrons. The number of rotatable bonds is 5. The van der Waals surface area contributed by atoms with Gasteiger partial charge in [-0.05, 0) is 17.7 Å². The topological polar surface area (TPSA) is 69.4 Å². The van der Waals surface area contributed by atoms with Crippen molar-refractivity contribution in [3.8, 4) is 0 Å². The summed E-state index contributed by atoms with van der Waals surface area (Å²) >= 11 is 0. The zero-order valence-corrected chi connectivity index (χ0v) is 11.8. The lowest BCUT2D eigenvalue weighted by Gasteiger charge is -2.14. The summed E-state index contributed by atoms with van der Waals surface area (Å²) in [6, 6.07) is 5.90. The number of methoxy groups -OCH3 is 1. The Morgan fingerprint density at radius 2 is 1.95 bits per heavy atom. The first-order valence-electron chi connectivity index (χ1n) is 6.00. The minimum atomic E-state index is -3.23. The Morgan fingerprint density at radius 1 is 1.37 bits per heavy atom. The van der Waals surface area contributed by atoms with Gasteiger partial charge in [-0.25, -0.2) is 12.8 Å². The molecular weight excluding hydrogens is 269 g/mol. The minimum absolute atomic E-state index is 0.223. The molecule has 19 heavy (non-hydrogen) atoms. The molecule has 1 aliphatic rings. The van der Waals surface area contributed by atoms with Crippen molar-refractivity contribution in [2.45, 2.75) is 11.2 Å². The highest BCUT2D eigenvalue weighted by Gasteiger charge is 2.69. The molecule has 0 spiro atoms. The summed E-state index contributed by atoms with van der Waals surface area (Å²) in [6.07, 6.45) is 1.21. The molecule has 1 saturated carbocycles. The highest BCUT2D eigenvalue weighted by Crippen LogP contribution is 2.62. The largest absolute Gasteiger partial charge is 0.384 e. The molecule has 6 heteroatoms. The van der Waals surface area contributed by atoms with Gasteiger partial charge < -0.3 is 10.5 Å². The van der Waals surface area contributed by atoms with E-state index in [1.807, 2.05) is 0 Å². The Kier molecular flexibility index (Phi) is 3.68. The molecule has 1 aromatic rings. The minimum Gasteiger partial charge on any atom is -0.384 e. The van der Waals surface area contributed by atoms with Gasteiger partial charge in [0.05, 0.1) is 11.9 Å². The Labute approximate surface area is 112 Å². The van der Waals surface area contributed by atoms with E-state index in [1.54, 1.807) is 12.1 Å². The van der Waals surface area contributed by atoms with Gasteiger partial charge in [0.2, 0.25) is 0 Å². The fourth-order valence-electron chi connectivity index (χ4n) is 3.05. The first-order chi connectivity index (χ1) is 8.86. The summed E-state index contributed by atoms with van der Waals surface area (Å²) in [5.74, 6) is -0.571. The Bertz CT molecular complexity index is 558. The van der Waals surface area contributed by atoms with Crippen LogP contribution < -0.4 is 5.73 Å². The predicted molar refractivity (Wildman–Crippen MR) is 71.1 cm³/mol. The molecule has 2 rings (SSSR count). The van der Waals surface area contributed by atoms with E-state index >= 15 is 0 Å². The molecule has 0 heterocycles. The molecule has 3 atom stereocenters. The second kappa shape index (κ2) is 4.85. The van der Waals surface area contributed by atoms with E-state index in [2.05, 4.69) is 0 Å². The second-order valence-electron chi connectivity index (χ2n) is 5.15. The third-order valence-electron chi connectivity index (χ3n) is 3.86. The van der Waals surface area contributed by atoms with Crippen LogP contribution in [0.2, 0.25) is 0 Å². The van der Waals surface area contributed by atoms with Crippen molar-refractivity contribution in [2.24, 2.45) is 11.1 Å². The van der Waals surface area contributed by atoms with Crippen LogP contribution >= 0.6 is 0 Å². The van der Waals surface area contributed by atoms with Gasteiger partial charge in [0, 0.05) is 31.2 Å². The molecule has 0 aliphatic heterocycles. The Morgan fingerprint density at radius 3 is 2.37 bits per heavy atom. The number of nitrogens with two attached hydrogens (primary N) is 1. The van der Waals surface area contributed by atoms with Crippen molar-refractivity contribution in [3.05, 3.63) is 35.6 Å². The predicted octanol–water partition coefficient (Wildman–Crippen LogP) is 0.928. The number of halogens is 1. The second-order valence-corrected chi connectivity index (χ2v) is 7.32. The molecule has 1 aliphatic carbocycles. The van der Waals surface area contributed by atoms with Crippen molar-refractivity contribution in [1.29, 1.82) is 0 Å². The summed E-state index contributed by atoms with van der Waals surface area (Å²) in [7, 11) is -1.71. The van der Waals surface area contributed by atoms with E-state index in [-0.39, 0.29) is 24.9 Å². The van der Waals surface area contributed by atoms with Crippen LogP contribution in [0, 0.1) is 11.2 Å².